The van der Waals surface area contributed by atoms with Crippen LogP contribution in [0.3, 0.4) is 0 Å². The fourth-order valence-corrected chi connectivity index (χ4v) is 5.27. The van der Waals surface area contributed by atoms with Gasteiger partial charge in [0, 0.05) is 11.0 Å². The Labute approximate surface area is 133 Å². The summed E-state index contributed by atoms with van der Waals surface area (Å²) in [5, 5.41) is 11.2. The Bertz CT molecular complexity index is 439. The lowest BCUT2D eigenvalue weighted by Crippen LogP contribution is -2.20. The molecule has 0 spiro atoms. The van der Waals surface area contributed by atoms with Crippen molar-refractivity contribution in [3.05, 3.63) is 35.4 Å². The van der Waals surface area contributed by atoms with E-state index in [1.54, 1.807) is 0 Å². The van der Waals surface area contributed by atoms with E-state index in [-0.39, 0.29) is 6.10 Å². The summed E-state index contributed by atoms with van der Waals surface area (Å²) in [6.45, 7) is 0. The molecule has 0 aromatic heterocycles. The van der Waals surface area contributed by atoms with Crippen LogP contribution in [0.25, 0.3) is 0 Å². The van der Waals surface area contributed by atoms with Crippen LogP contribution < -0.4 is 0 Å². The first kappa shape index (κ1) is 15.4. The highest BCUT2D eigenvalue weighted by Gasteiger charge is 2.23. The topological polar surface area (TPSA) is 20.2 Å². The van der Waals surface area contributed by atoms with Crippen molar-refractivity contribution in [1.29, 1.82) is 0 Å². The Hall–Kier alpha value is -0.470. The van der Waals surface area contributed by atoms with E-state index >= 15 is 0 Å². The first-order chi connectivity index (χ1) is 10.3. The van der Waals surface area contributed by atoms with E-state index in [0.29, 0.717) is 5.92 Å². The molecule has 0 aliphatic heterocycles. The molecule has 0 amide bonds. The molecular formula is C19H28OS. The average molecular weight is 304 g/mol. The third-order valence-electron chi connectivity index (χ3n) is 5.13. The number of rotatable bonds is 5. The summed E-state index contributed by atoms with van der Waals surface area (Å²) in [6.07, 6.45) is 11.5. The van der Waals surface area contributed by atoms with E-state index in [0.717, 1.165) is 17.4 Å². The molecule has 2 aliphatic rings. The molecule has 0 heterocycles. The predicted molar refractivity (Wildman–Crippen MR) is 92.1 cm³/mol. The van der Waals surface area contributed by atoms with Crippen LogP contribution in [-0.2, 0) is 6.42 Å². The molecule has 1 N–H and O–H groups in total. The van der Waals surface area contributed by atoms with Crippen LogP contribution in [0.5, 0.6) is 0 Å². The molecule has 1 aromatic carbocycles. The molecule has 1 aromatic rings. The maximum atomic E-state index is 10.4. The minimum atomic E-state index is -0.131. The van der Waals surface area contributed by atoms with Crippen molar-refractivity contribution in [3.63, 3.8) is 0 Å². The zero-order valence-corrected chi connectivity index (χ0v) is 13.8. The molecule has 2 unspecified atom stereocenters. The van der Waals surface area contributed by atoms with Crippen LogP contribution in [0.4, 0.5) is 0 Å². The minimum absolute atomic E-state index is 0.131. The molecule has 1 saturated carbocycles. The van der Waals surface area contributed by atoms with Gasteiger partial charge < -0.3 is 5.11 Å². The number of benzene rings is 1. The van der Waals surface area contributed by atoms with Crippen molar-refractivity contribution in [2.24, 2.45) is 0 Å². The monoisotopic (exact) mass is 304 g/mol. The van der Waals surface area contributed by atoms with E-state index in [2.05, 4.69) is 24.3 Å². The summed E-state index contributed by atoms with van der Waals surface area (Å²) >= 11 is 2.03. The molecule has 2 atom stereocenters. The molecule has 2 aliphatic carbocycles. The molecule has 1 nitrogen and oxygen atoms in total. The average Bonchev–Trinajstić information content (AvgIpc) is 2.54. The molecule has 21 heavy (non-hydrogen) atoms. The highest BCUT2D eigenvalue weighted by molar-refractivity contribution is 7.99. The Morgan fingerprint density at radius 3 is 2.71 bits per heavy atom. The Morgan fingerprint density at radius 2 is 1.86 bits per heavy atom. The lowest BCUT2D eigenvalue weighted by atomic mass is 9.80. The largest absolute Gasteiger partial charge is 0.392 e. The van der Waals surface area contributed by atoms with Crippen LogP contribution in [0, 0.1) is 0 Å². The van der Waals surface area contributed by atoms with Gasteiger partial charge in [0.15, 0.2) is 0 Å². The zero-order valence-electron chi connectivity index (χ0n) is 13.0. The molecule has 3 rings (SSSR count). The van der Waals surface area contributed by atoms with Gasteiger partial charge in [-0.1, -0.05) is 43.5 Å². The van der Waals surface area contributed by atoms with Crippen molar-refractivity contribution in [1.82, 2.24) is 0 Å². The number of fused-ring (bicyclic) bond motifs is 1. The molecule has 2 heteroatoms. The normalized spacial score (nSPS) is 24.5. The van der Waals surface area contributed by atoms with Gasteiger partial charge in [-0.15, -0.1) is 0 Å². The summed E-state index contributed by atoms with van der Waals surface area (Å²) in [5.74, 6) is 1.51. The maximum absolute atomic E-state index is 10.4. The highest BCUT2D eigenvalue weighted by atomic mass is 32.2. The minimum Gasteiger partial charge on any atom is -0.392 e. The second kappa shape index (κ2) is 7.69. The van der Waals surface area contributed by atoms with Gasteiger partial charge in [-0.3, -0.25) is 0 Å². The second-order valence-corrected chi connectivity index (χ2v) is 8.10. The van der Waals surface area contributed by atoms with Crippen molar-refractivity contribution in [2.75, 3.05) is 5.75 Å². The van der Waals surface area contributed by atoms with Gasteiger partial charge in [-0.25, -0.2) is 0 Å². The fraction of sp³-hybridized carbons (Fsp3) is 0.684. The maximum Gasteiger partial charge on any atom is 0.0636 e. The molecule has 116 valence electrons. The first-order valence-electron chi connectivity index (χ1n) is 8.70. The molecule has 0 bridgehead atoms. The van der Waals surface area contributed by atoms with Crippen molar-refractivity contribution >= 4 is 11.8 Å². The number of thioether (sulfide) groups is 1. The van der Waals surface area contributed by atoms with Gasteiger partial charge in [-0.2, -0.15) is 11.8 Å². The molecular weight excluding hydrogens is 276 g/mol. The van der Waals surface area contributed by atoms with E-state index < -0.39 is 0 Å². The number of aryl methyl sites for hydroxylation is 1. The van der Waals surface area contributed by atoms with Crippen LogP contribution in [0.1, 0.15) is 68.4 Å². The third-order valence-corrected chi connectivity index (χ3v) is 6.65. The van der Waals surface area contributed by atoms with Crippen LogP contribution in [0.15, 0.2) is 24.3 Å². The highest BCUT2D eigenvalue weighted by Crippen LogP contribution is 2.36. The van der Waals surface area contributed by atoms with Crippen LogP contribution in [0.2, 0.25) is 0 Å². The smallest absolute Gasteiger partial charge is 0.0636 e. The SMILES string of the molecule is OC(CSC1CCCCC1)CC1CCCc2ccccc21. The number of hydrogen-bond acceptors (Lipinski definition) is 2. The molecule has 0 radical (unpaired) electrons. The van der Waals surface area contributed by atoms with E-state index in [9.17, 15) is 5.11 Å². The number of aliphatic hydroxyl groups excluding tert-OH is 1. The summed E-state index contributed by atoms with van der Waals surface area (Å²) in [4.78, 5) is 0. The lowest BCUT2D eigenvalue weighted by Gasteiger charge is -2.28. The summed E-state index contributed by atoms with van der Waals surface area (Å²) in [5.41, 5.74) is 3.02. The van der Waals surface area contributed by atoms with Gasteiger partial charge in [-0.05, 0) is 55.6 Å². The van der Waals surface area contributed by atoms with E-state index in [1.807, 2.05) is 11.8 Å². The Morgan fingerprint density at radius 1 is 1.05 bits per heavy atom. The van der Waals surface area contributed by atoms with Gasteiger partial charge in [0.2, 0.25) is 0 Å². The second-order valence-electron chi connectivity index (χ2n) is 6.77. The first-order valence-corrected chi connectivity index (χ1v) is 9.75. The zero-order chi connectivity index (χ0) is 14.5. The van der Waals surface area contributed by atoms with Gasteiger partial charge in [0.1, 0.15) is 0 Å². The summed E-state index contributed by atoms with van der Waals surface area (Å²) in [6, 6.07) is 8.85. The van der Waals surface area contributed by atoms with E-state index in [4.69, 9.17) is 0 Å². The van der Waals surface area contributed by atoms with Gasteiger partial charge in [0.25, 0.3) is 0 Å². The van der Waals surface area contributed by atoms with Crippen LogP contribution in [-0.4, -0.2) is 22.2 Å². The van der Waals surface area contributed by atoms with Crippen LogP contribution >= 0.6 is 11.8 Å². The summed E-state index contributed by atoms with van der Waals surface area (Å²) < 4.78 is 0. The predicted octanol–water partition coefficient (Wildman–Crippen LogP) is 4.92. The fourth-order valence-electron chi connectivity index (χ4n) is 3.97. The Kier molecular flexibility index (Phi) is 5.65. The lowest BCUT2D eigenvalue weighted by molar-refractivity contribution is 0.175. The third kappa shape index (κ3) is 4.26. The van der Waals surface area contributed by atoms with Crippen molar-refractivity contribution in [2.45, 2.75) is 75.1 Å². The Balaban J connectivity index is 1.49. The molecule has 1 fully saturated rings. The summed E-state index contributed by atoms with van der Waals surface area (Å²) in [7, 11) is 0. The van der Waals surface area contributed by atoms with Crippen molar-refractivity contribution in [3.8, 4) is 0 Å². The van der Waals surface area contributed by atoms with Gasteiger partial charge in [0.05, 0.1) is 6.10 Å². The van der Waals surface area contributed by atoms with Gasteiger partial charge >= 0.3 is 0 Å². The van der Waals surface area contributed by atoms with E-state index in [1.165, 1.54) is 62.5 Å². The van der Waals surface area contributed by atoms with Crippen molar-refractivity contribution < 1.29 is 5.11 Å². The standard InChI is InChI=1S/C19H28OS/c20-17(14-21-18-10-2-1-3-11-18)13-16-9-6-8-15-7-4-5-12-19(15)16/h4-5,7,12,16-18,20H,1-3,6,8-11,13-14H2. The number of hydrogen-bond donors (Lipinski definition) is 1. The number of aliphatic hydroxyl groups is 1. The quantitative estimate of drug-likeness (QED) is 0.833. The molecule has 0 saturated heterocycles.